The van der Waals surface area contributed by atoms with E-state index in [1.54, 1.807) is 10.9 Å². The molecule has 1 fully saturated rings. The number of hydrogen-bond acceptors (Lipinski definition) is 6. The first-order valence-electron chi connectivity index (χ1n) is 11.7. The minimum atomic E-state index is -0.0675. The molecule has 0 saturated carbocycles. The van der Waals surface area contributed by atoms with Crippen LogP contribution in [0.4, 0.5) is 5.82 Å². The average Bonchev–Trinajstić information content (AvgIpc) is 3.54. The molecule has 34 heavy (non-hydrogen) atoms. The number of nitrogen functional groups attached to an aromatic ring is 1. The van der Waals surface area contributed by atoms with Crippen molar-refractivity contribution in [3.63, 3.8) is 0 Å². The molecule has 6 rings (SSSR count). The predicted octanol–water partition coefficient (Wildman–Crippen LogP) is 2.87. The largest absolute Gasteiger partial charge is 0.383 e. The summed E-state index contributed by atoms with van der Waals surface area (Å²) in [5.41, 5.74) is 13.7. The lowest BCUT2D eigenvalue weighted by Gasteiger charge is -2.27. The number of Topliss-reactive ketones (excluding diaryl/α,β-unsaturated/α-hetero) is 1. The third-order valence-electron chi connectivity index (χ3n) is 6.71. The maximum atomic E-state index is 13.4. The highest BCUT2D eigenvalue weighted by atomic mass is 16.1. The number of carbonyl (C=O) groups excluding carboxylic acids is 1. The van der Waals surface area contributed by atoms with Gasteiger partial charge in [0.2, 0.25) is 0 Å². The van der Waals surface area contributed by atoms with Crippen LogP contribution in [0.3, 0.4) is 0 Å². The van der Waals surface area contributed by atoms with Gasteiger partial charge in [-0.05, 0) is 47.9 Å². The summed E-state index contributed by atoms with van der Waals surface area (Å²) in [5, 5.41) is 7.81. The molecular formula is C26H27N7O. The van der Waals surface area contributed by atoms with Gasteiger partial charge in [-0.2, -0.15) is 5.10 Å². The van der Waals surface area contributed by atoms with Crippen molar-refractivity contribution in [2.24, 2.45) is 0 Å². The Balaban J connectivity index is 1.24. The Labute approximate surface area is 197 Å². The number of nitrogens with two attached hydrogens (primary N) is 1. The van der Waals surface area contributed by atoms with Crippen molar-refractivity contribution in [3.05, 3.63) is 76.2 Å². The molecule has 2 aliphatic rings. The Morgan fingerprint density at radius 2 is 2.00 bits per heavy atom. The second kappa shape index (κ2) is 8.23. The van der Waals surface area contributed by atoms with E-state index in [2.05, 4.69) is 43.5 Å². The van der Waals surface area contributed by atoms with E-state index in [1.165, 1.54) is 11.1 Å². The highest BCUT2D eigenvalue weighted by molar-refractivity contribution is 6.15. The minimum Gasteiger partial charge on any atom is -0.383 e. The van der Waals surface area contributed by atoms with Gasteiger partial charge in [0.15, 0.2) is 5.78 Å². The smallest absolute Gasteiger partial charge is 0.194 e. The third kappa shape index (κ3) is 3.70. The monoisotopic (exact) mass is 453 g/mol. The van der Waals surface area contributed by atoms with Gasteiger partial charge < -0.3 is 16.0 Å². The van der Waals surface area contributed by atoms with Crippen LogP contribution in [0.25, 0.3) is 22.8 Å². The zero-order valence-electron chi connectivity index (χ0n) is 19.1. The lowest BCUT2D eigenvalue weighted by Crippen LogP contribution is -2.42. The SMILES string of the molecule is Cc1nc2ccc(-n3ncc(C(=O)C4=Cc5cc(CN6CCNCC6)ccc5C4)c3N)cc2[nH]1. The summed E-state index contributed by atoms with van der Waals surface area (Å²) >= 11 is 0. The van der Waals surface area contributed by atoms with Crippen molar-refractivity contribution in [2.75, 3.05) is 31.9 Å². The van der Waals surface area contributed by atoms with E-state index < -0.39 is 0 Å². The number of imidazole rings is 1. The molecule has 2 aromatic carbocycles. The van der Waals surface area contributed by atoms with E-state index in [1.807, 2.05) is 31.2 Å². The Hall–Kier alpha value is -3.75. The molecule has 1 aliphatic heterocycles. The van der Waals surface area contributed by atoms with Crippen molar-refractivity contribution in [1.82, 2.24) is 30.0 Å². The molecule has 1 aliphatic carbocycles. The first-order chi connectivity index (χ1) is 16.5. The van der Waals surface area contributed by atoms with Crippen LogP contribution in [0.2, 0.25) is 0 Å². The van der Waals surface area contributed by atoms with Gasteiger partial charge in [-0.15, -0.1) is 0 Å². The summed E-state index contributed by atoms with van der Waals surface area (Å²) in [5.74, 6) is 1.12. The molecule has 0 bridgehead atoms. The summed E-state index contributed by atoms with van der Waals surface area (Å²) in [6.45, 7) is 7.05. The Bertz CT molecular complexity index is 1440. The molecular weight excluding hydrogens is 426 g/mol. The van der Waals surface area contributed by atoms with Gasteiger partial charge in [0, 0.05) is 44.7 Å². The minimum absolute atomic E-state index is 0.0675. The van der Waals surface area contributed by atoms with Crippen LogP contribution in [-0.2, 0) is 13.0 Å². The van der Waals surface area contributed by atoms with Crippen LogP contribution in [0.15, 0.2) is 48.2 Å². The molecule has 1 saturated heterocycles. The quantitative estimate of drug-likeness (QED) is 0.402. The molecule has 0 amide bonds. The van der Waals surface area contributed by atoms with Gasteiger partial charge in [-0.1, -0.05) is 18.2 Å². The number of aromatic amines is 1. The molecule has 0 unspecified atom stereocenters. The van der Waals surface area contributed by atoms with Gasteiger partial charge >= 0.3 is 0 Å². The number of aromatic nitrogens is 4. The molecule has 0 atom stereocenters. The zero-order chi connectivity index (χ0) is 23.2. The number of nitrogens with zero attached hydrogens (tertiary/aromatic N) is 4. The number of carbonyl (C=O) groups is 1. The highest BCUT2D eigenvalue weighted by Gasteiger charge is 2.24. The standard InChI is InChI=1S/C26H27N7O/c1-16-30-23-5-4-21(13-24(23)31-16)33-26(27)22(14-29-33)25(34)20-11-18-3-2-17(10-19(18)12-20)15-32-8-6-28-7-9-32/h2-5,10,12-14,28H,6-9,11,15,27H2,1H3,(H,30,31). The molecule has 4 N–H and O–H groups in total. The number of anilines is 1. The fraction of sp³-hybridized carbons (Fsp3) is 0.269. The fourth-order valence-electron chi connectivity index (χ4n) is 4.92. The van der Waals surface area contributed by atoms with Crippen LogP contribution >= 0.6 is 0 Å². The van der Waals surface area contributed by atoms with Crippen LogP contribution in [0, 0.1) is 6.92 Å². The lowest BCUT2D eigenvalue weighted by atomic mass is 10.0. The van der Waals surface area contributed by atoms with Crippen molar-refractivity contribution in [2.45, 2.75) is 19.9 Å². The van der Waals surface area contributed by atoms with Gasteiger partial charge in [0.25, 0.3) is 0 Å². The van der Waals surface area contributed by atoms with Crippen molar-refractivity contribution < 1.29 is 4.79 Å². The number of allylic oxidation sites excluding steroid dienone is 1. The van der Waals surface area contributed by atoms with E-state index in [0.29, 0.717) is 17.8 Å². The second-order valence-corrected chi connectivity index (χ2v) is 9.11. The van der Waals surface area contributed by atoms with Gasteiger partial charge in [-0.25, -0.2) is 9.67 Å². The number of piperazine rings is 1. The number of fused-ring (bicyclic) bond motifs is 2. The molecule has 4 aromatic rings. The van der Waals surface area contributed by atoms with Crippen molar-refractivity contribution >= 4 is 28.7 Å². The van der Waals surface area contributed by atoms with E-state index in [-0.39, 0.29) is 5.78 Å². The van der Waals surface area contributed by atoms with E-state index in [9.17, 15) is 4.79 Å². The number of ketones is 1. The maximum absolute atomic E-state index is 13.4. The van der Waals surface area contributed by atoms with Crippen molar-refractivity contribution in [3.8, 4) is 5.69 Å². The molecule has 0 spiro atoms. The molecule has 8 nitrogen and oxygen atoms in total. The number of rotatable bonds is 5. The normalized spacial score (nSPS) is 16.1. The van der Waals surface area contributed by atoms with Crippen LogP contribution in [0.1, 0.15) is 32.9 Å². The first kappa shape index (κ1) is 20.8. The third-order valence-corrected chi connectivity index (χ3v) is 6.71. The number of aryl methyl sites for hydroxylation is 1. The number of H-pyrrole nitrogens is 1. The number of nitrogens with one attached hydrogen (secondary N) is 2. The lowest BCUT2D eigenvalue weighted by molar-refractivity contribution is 0.103. The molecule has 2 aromatic heterocycles. The zero-order valence-corrected chi connectivity index (χ0v) is 19.1. The highest BCUT2D eigenvalue weighted by Crippen LogP contribution is 2.30. The Morgan fingerprint density at radius 1 is 1.15 bits per heavy atom. The number of benzene rings is 2. The topological polar surface area (TPSA) is 105 Å². The average molecular weight is 454 g/mol. The van der Waals surface area contributed by atoms with Crippen LogP contribution in [-0.4, -0.2) is 56.6 Å². The van der Waals surface area contributed by atoms with Crippen LogP contribution < -0.4 is 11.1 Å². The maximum Gasteiger partial charge on any atom is 0.194 e. The molecule has 172 valence electrons. The van der Waals surface area contributed by atoms with E-state index >= 15 is 0 Å². The van der Waals surface area contributed by atoms with Gasteiger partial charge in [-0.3, -0.25) is 9.69 Å². The van der Waals surface area contributed by atoms with Gasteiger partial charge in [0.1, 0.15) is 11.6 Å². The fourth-order valence-corrected chi connectivity index (χ4v) is 4.92. The summed E-state index contributed by atoms with van der Waals surface area (Å²) in [4.78, 5) is 23.5. The van der Waals surface area contributed by atoms with E-state index in [4.69, 9.17) is 5.73 Å². The summed E-state index contributed by atoms with van der Waals surface area (Å²) < 4.78 is 1.61. The summed E-state index contributed by atoms with van der Waals surface area (Å²) in [7, 11) is 0. The summed E-state index contributed by atoms with van der Waals surface area (Å²) in [6.07, 6.45) is 4.20. The van der Waals surface area contributed by atoms with Gasteiger partial charge in [0.05, 0.1) is 28.5 Å². The number of hydrogen-bond donors (Lipinski definition) is 3. The molecule has 3 heterocycles. The molecule has 8 heteroatoms. The summed E-state index contributed by atoms with van der Waals surface area (Å²) in [6, 6.07) is 12.3. The van der Waals surface area contributed by atoms with Crippen molar-refractivity contribution in [1.29, 1.82) is 0 Å². The Kier molecular flexibility index (Phi) is 5.04. The Morgan fingerprint density at radius 3 is 2.85 bits per heavy atom. The predicted molar refractivity (Wildman–Crippen MR) is 133 cm³/mol. The van der Waals surface area contributed by atoms with Crippen LogP contribution in [0.5, 0.6) is 0 Å². The second-order valence-electron chi connectivity index (χ2n) is 9.11. The van der Waals surface area contributed by atoms with E-state index in [0.717, 1.165) is 66.4 Å². The molecule has 0 radical (unpaired) electrons. The first-order valence-corrected chi connectivity index (χ1v) is 11.7.